The summed E-state index contributed by atoms with van der Waals surface area (Å²) in [4.78, 5) is 13.7. The average molecular weight is 228 g/mol. The Labute approximate surface area is 96.0 Å². The minimum Gasteiger partial charge on any atom is -0.342 e. The molecule has 2 aliphatic rings. The van der Waals surface area contributed by atoms with E-state index in [4.69, 9.17) is 0 Å². The Morgan fingerprint density at radius 3 is 2.80 bits per heavy atom. The third-order valence-electron chi connectivity index (χ3n) is 3.13. The minimum absolute atomic E-state index is 0.287. The van der Waals surface area contributed by atoms with Crippen molar-refractivity contribution in [1.29, 1.82) is 0 Å². The molecule has 3 nitrogen and oxygen atoms in total. The summed E-state index contributed by atoms with van der Waals surface area (Å²) in [6, 6.07) is 0. The van der Waals surface area contributed by atoms with Crippen molar-refractivity contribution in [3.8, 4) is 0 Å². The second kappa shape index (κ2) is 5.75. The molecule has 1 amide bonds. The number of rotatable bonds is 4. The molecule has 2 fully saturated rings. The van der Waals surface area contributed by atoms with Gasteiger partial charge in [0.15, 0.2) is 0 Å². The fraction of sp³-hybridized carbons (Fsp3) is 0.909. The number of carbonyl (C=O) groups is 1. The number of amides is 1. The van der Waals surface area contributed by atoms with Crippen LogP contribution in [-0.2, 0) is 4.79 Å². The van der Waals surface area contributed by atoms with Crippen molar-refractivity contribution in [3.05, 3.63) is 0 Å². The first-order chi connectivity index (χ1) is 7.36. The van der Waals surface area contributed by atoms with Gasteiger partial charge in [0.05, 0.1) is 6.54 Å². The zero-order valence-electron chi connectivity index (χ0n) is 9.21. The normalized spacial score (nSPS) is 26.1. The first kappa shape index (κ1) is 11.3. The van der Waals surface area contributed by atoms with Crippen molar-refractivity contribution in [1.82, 2.24) is 10.2 Å². The van der Waals surface area contributed by atoms with E-state index >= 15 is 0 Å². The molecule has 0 bridgehead atoms. The first-order valence-corrected chi connectivity index (χ1v) is 7.01. The van der Waals surface area contributed by atoms with E-state index in [9.17, 15) is 4.79 Å². The van der Waals surface area contributed by atoms with Crippen LogP contribution >= 0.6 is 11.8 Å². The molecular weight excluding hydrogens is 208 g/mol. The molecule has 15 heavy (non-hydrogen) atoms. The van der Waals surface area contributed by atoms with E-state index in [2.05, 4.69) is 5.32 Å². The summed E-state index contributed by atoms with van der Waals surface area (Å²) in [6.45, 7) is 3.48. The lowest BCUT2D eigenvalue weighted by Crippen LogP contribution is -2.38. The molecule has 2 saturated heterocycles. The summed E-state index contributed by atoms with van der Waals surface area (Å²) in [6.07, 6.45) is 5.03. The Bertz CT molecular complexity index is 211. The summed E-state index contributed by atoms with van der Waals surface area (Å²) in [7, 11) is 0. The molecule has 0 aliphatic carbocycles. The van der Waals surface area contributed by atoms with E-state index in [0.717, 1.165) is 24.9 Å². The minimum atomic E-state index is 0.287. The maximum Gasteiger partial charge on any atom is 0.236 e. The molecule has 0 aromatic rings. The molecule has 0 saturated carbocycles. The third kappa shape index (κ3) is 3.38. The number of hydrogen-bond donors (Lipinski definition) is 1. The molecule has 2 heterocycles. The zero-order chi connectivity index (χ0) is 10.5. The fourth-order valence-electron chi connectivity index (χ4n) is 2.22. The number of thioether (sulfide) groups is 1. The third-order valence-corrected chi connectivity index (χ3v) is 4.53. The van der Waals surface area contributed by atoms with E-state index in [1.165, 1.54) is 31.4 Å². The SMILES string of the molecule is O=C(CNCC1CCCS1)N1CCCC1. The van der Waals surface area contributed by atoms with Gasteiger partial charge >= 0.3 is 0 Å². The van der Waals surface area contributed by atoms with Crippen LogP contribution in [0.25, 0.3) is 0 Å². The van der Waals surface area contributed by atoms with Crippen molar-refractivity contribution < 1.29 is 4.79 Å². The van der Waals surface area contributed by atoms with E-state index < -0.39 is 0 Å². The van der Waals surface area contributed by atoms with Gasteiger partial charge < -0.3 is 10.2 Å². The lowest BCUT2D eigenvalue weighted by Gasteiger charge is -2.16. The standard InChI is InChI=1S/C11H20N2OS/c14-11(13-5-1-2-6-13)9-12-8-10-4-3-7-15-10/h10,12H,1-9H2. The summed E-state index contributed by atoms with van der Waals surface area (Å²) >= 11 is 2.04. The van der Waals surface area contributed by atoms with Gasteiger partial charge in [0.2, 0.25) is 5.91 Å². The molecule has 0 aromatic heterocycles. The Kier molecular flexibility index (Phi) is 4.32. The number of hydrogen-bond acceptors (Lipinski definition) is 3. The molecular formula is C11H20N2OS. The van der Waals surface area contributed by atoms with Gasteiger partial charge in [-0.05, 0) is 31.4 Å². The van der Waals surface area contributed by atoms with Gasteiger partial charge in [-0.3, -0.25) is 4.79 Å². The Morgan fingerprint density at radius 1 is 1.33 bits per heavy atom. The number of carbonyl (C=O) groups excluding carboxylic acids is 1. The largest absolute Gasteiger partial charge is 0.342 e. The van der Waals surface area contributed by atoms with E-state index in [1.54, 1.807) is 0 Å². The van der Waals surface area contributed by atoms with Crippen molar-refractivity contribution in [2.24, 2.45) is 0 Å². The Hall–Kier alpha value is -0.220. The highest BCUT2D eigenvalue weighted by molar-refractivity contribution is 8.00. The zero-order valence-corrected chi connectivity index (χ0v) is 10.0. The van der Waals surface area contributed by atoms with Crippen molar-refractivity contribution in [2.75, 3.05) is 31.9 Å². The van der Waals surface area contributed by atoms with Crippen LogP contribution < -0.4 is 5.32 Å². The van der Waals surface area contributed by atoms with Gasteiger partial charge in [-0.2, -0.15) is 11.8 Å². The van der Waals surface area contributed by atoms with Crippen LogP contribution in [0, 0.1) is 0 Å². The van der Waals surface area contributed by atoms with E-state index in [1.807, 2.05) is 16.7 Å². The second-order valence-electron chi connectivity index (χ2n) is 4.35. The van der Waals surface area contributed by atoms with Gasteiger partial charge in [-0.25, -0.2) is 0 Å². The lowest BCUT2D eigenvalue weighted by atomic mass is 10.2. The predicted molar refractivity (Wildman–Crippen MR) is 64.2 cm³/mol. The molecule has 0 radical (unpaired) electrons. The highest BCUT2D eigenvalue weighted by atomic mass is 32.2. The van der Waals surface area contributed by atoms with E-state index in [0.29, 0.717) is 6.54 Å². The van der Waals surface area contributed by atoms with Gasteiger partial charge in [0.25, 0.3) is 0 Å². The summed E-state index contributed by atoms with van der Waals surface area (Å²) in [5, 5.41) is 4.04. The molecule has 4 heteroatoms. The predicted octanol–water partition coefficient (Wildman–Crippen LogP) is 1.09. The maximum absolute atomic E-state index is 11.7. The maximum atomic E-state index is 11.7. The van der Waals surface area contributed by atoms with Crippen molar-refractivity contribution in [2.45, 2.75) is 30.9 Å². The van der Waals surface area contributed by atoms with Crippen LogP contribution in [0.1, 0.15) is 25.7 Å². The van der Waals surface area contributed by atoms with E-state index in [-0.39, 0.29) is 5.91 Å². The summed E-state index contributed by atoms with van der Waals surface area (Å²) in [5.74, 6) is 1.59. The summed E-state index contributed by atoms with van der Waals surface area (Å²) in [5.41, 5.74) is 0. The molecule has 0 aromatic carbocycles. The highest BCUT2D eigenvalue weighted by Gasteiger charge is 2.19. The molecule has 1 N–H and O–H groups in total. The summed E-state index contributed by atoms with van der Waals surface area (Å²) < 4.78 is 0. The van der Waals surface area contributed by atoms with Crippen LogP contribution in [0.3, 0.4) is 0 Å². The topological polar surface area (TPSA) is 32.3 Å². The molecule has 2 aliphatic heterocycles. The van der Waals surface area contributed by atoms with Gasteiger partial charge in [-0.1, -0.05) is 0 Å². The highest BCUT2D eigenvalue weighted by Crippen LogP contribution is 2.25. The first-order valence-electron chi connectivity index (χ1n) is 5.96. The Morgan fingerprint density at radius 2 is 2.13 bits per heavy atom. The second-order valence-corrected chi connectivity index (χ2v) is 5.76. The van der Waals surface area contributed by atoms with Crippen LogP contribution in [0.4, 0.5) is 0 Å². The molecule has 1 unspecified atom stereocenters. The monoisotopic (exact) mass is 228 g/mol. The van der Waals surface area contributed by atoms with Crippen LogP contribution in [0.5, 0.6) is 0 Å². The molecule has 86 valence electrons. The molecule has 2 rings (SSSR count). The lowest BCUT2D eigenvalue weighted by molar-refractivity contribution is -0.129. The van der Waals surface area contributed by atoms with Gasteiger partial charge in [0, 0.05) is 24.9 Å². The number of likely N-dealkylation sites (tertiary alicyclic amines) is 1. The quantitative estimate of drug-likeness (QED) is 0.782. The fourth-order valence-corrected chi connectivity index (χ4v) is 3.46. The smallest absolute Gasteiger partial charge is 0.236 e. The van der Waals surface area contributed by atoms with Crippen LogP contribution in [0.2, 0.25) is 0 Å². The number of nitrogens with one attached hydrogen (secondary N) is 1. The van der Waals surface area contributed by atoms with Crippen LogP contribution in [-0.4, -0.2) is 48.0 Å². The molecule has 0 spiro atoms. The Balaban J connectivity index is 1.58. The number of nitrogens with zero attached hydrogens (tertiary/aromatic N) is 1. The van der Waals surface area contributed by atoms with Gasteiger partial charge in [0.1, 0.15) is 0 Å². The van der Waals surface area contributed by atoms with Crippen molar-refractivity contribution in [3.63, 3.8) is 0 Å². The molecule has 1 atom stereocenters. The van der Waals surface area contributed by atoms with Gasteiger partial charge in [-0.15, -0.1) is 0 Å². The average Bonchev–Trinajstić information content (AvgIpc) is 2.90. The van der Waals surface area contributed by atoms with Crippen LogP contribution in [0.15, 0.2) is 0 Å². The van der Waals surface area contributed by atoms with Crippen molar-refractivity contribution >= 4 is 17.7 Å².